The number of hydrogen-bond acceptors (Lipinski definition) is 5. The lowest BCUT2D eigenvalue weighted by atomic mass is 10.0. The summed E-state index contributed by atoms with van der Waals surface area (Å²) in [6.07, 6.45) is 2.18. The maximum atomic E-state index is 13.5. The van der Waals surface area contributed by atoms with Crippen LogP contribution >= 0.6 is 0 Å². The number of benzene rings is 1. The summed E-state index contributed by atoms with van der Waals surface area (Å²) in [6, 6.07) is 4.32. The molecular formula is C25H36N2O5S. The molecule has 182 valence electrons. The van der Waals surface area contributed by atoms with E-state index in [1.165, 1.54) is 10.4 Å². The standard InChI is InChI=1S/C25H36N2O5S/c1-17(2)7-6-8-20-9-12-24-22(13-20)32-23(15-26(5)25(29)21-10-11-21)18(3)14-27(19(4)16-28)33(24,30)31/h9,12-13,17-19,21,23,28H,7,10-11,14-16H2,1-5H3/t18-,19+,23+/m0/s1. The van der Waals surface area contributed by atoms with E-state index in [-0.39, 0.29) is 41.5 Å². The minimum absolute atomic E-state index is 0.0604. The van der Waals surface area contributed by atoms with E-state index in [0.717, 1.165) is 19.3 Å². The average molecular weight is 477 g/mol. The number of nitrogens with zero attached hydrogens (tertiary/aromatic N) is 2. The van der Waals surface area contributed by atoms with Crippen LogP contribution in [0.1, 0.15) is 52.5 Å². The van der Waals surface area contributed by atoms with Crippen LogP contribution in [0.15, 0.2) is 23.1 Å². The monoisotopic (exact) mass is 476 g/mol. The van der Waals surface area contributed by atoms with Gasteiger partial charge in [0.15, 0.2) is 0 Å². The fourth-order valence-electron chi connectivity index (χ4n) is 3.88. The van der Waals surface area contributed by atoms with Crippen LogP contribution < -0.4 is 4.74 Å². The summed E-state index contributed by atoms with van der Waals surface area (Å²) in [5.41, 5.74) is 0.681. The summed E-state index contributed by atoms with van der Waals surface area (Å²) < 4.78 is 34.7. The van der Waals surface area contributed by atoms with Crippen molar-refractivity contribution in [3.05, 3.63) is 23.8 Å². The minimum atomic E-state index is -3.89. The van der Waals surface area contributed by atoms with E-state index in [2.05, 4.69) is 25.7 Å². The predicted molar refractivity (Wildman–Crippen MR) is 127 cm³/mol. The predicted octanol–water partition coefficient (Wildman–Crippen LogP) is 2.72. The molecule has 0 radical (unpaired) electrons. The maximum Gasteiger partial charge on any atom is 0.247 e. The lowest BCUT2D eigenvalue weighted by molar-refractivity contribution is -0.132. The molecule has 0 aromatic heterocycles. The van der Waals surface area contributed by atoms with Crippen molar-refractivity contribution in [1.82, 2.24) is 9.21 Å². The summed E-state index contributed by atoms with van der Waals surface area (Å²) in [6.45, 7) is 8.06. The van der Waals surface area contributed by atoms with Gasteiger partial charge in [-0.1, -0.05) is 32.6 Å². The van der Waals surface area contributed by atoms with Gasteiger partial charge in [0.2, 0.25) is 15.9 Å². The Balaban J connectivity index is 2.00. The second kappa shape index (κ2) is 10.5. The molecule has 0 unspecified atom stereocenters. The minimum Gasteiger partial charge on any atom is -0.487 e. The van der Waals surface area contributed by atoms with Crippen LogP contribution in [-0.4, -0.2) is 67.5 Å². The molecule has 1 saturated carbocycles. The maximum absolute atomic E-state index is 13.5. The number of carbonyl (C=O) groups is 1. The van der Waals surface area contributed by atoms with Crippen molar-refractivity contribution in [2.75, 3.05) is 26.7 Å². The molecule has 0 spiro atoms. The lowest BCUT2D eigenvalue weighted by Gasteiger charge is -2.37. The molecule has 1 amide bonds. The molecule has 8 heteroatoms. The molecule has 1 fully saturated rings. The average Bonchev–Trinajstić information content (AvgIpc) is 3.60. The Hall–Kier alpha value is -2.08. The van der Waals surface area contributed by atoms with Crippen molar-refractivity contribution in [2.45, 2.75) is 64.0 Å². The number of hydrogen-bond donors (Lipinski definition) is 1. The van der Waals surface area contributed by atoms with Gasteiger partial charge in [0.25, 0.3) is 0 Å². The van der Waals surface area contributed by atoms with Crippen LogP contribution in [0.4, 0.5) is 0 Å². The summed E-state index contributed by atoms with van der Waals surface area (Å²) >= 11 is 0. The van der Waals surface area contributed by atoms with Crippen molar-refractivity contribution in [2.24, 2.45) is 17.8 Å². The van der Waals surface area contributed by atoms with Crippen LogP contribution in [0, 0.1) is 29.6 Å². The first-order valence-electron chi connectivity index (χ1n) is 11.7. The molecular weight excluding hydrogens is 440 g/mol. The third kappa shape index (κ3) is 6.08. The molecule has 2 aliphatic rings. The van der Waals surface area contributed by atoms with Gasteiger partial charge in [-0.3, -0.25) is 4.79 Å². The Labute approximate surface area is 198 Å². The Morgan fingerprint density at radius 3 is 2.61 bits per heavy atom. The smallest absolute Gasteiger partial charge is 0.247 e. The normalized spacial score (nSPS) is 23.4. The van der Waals surface area contributed by atoms with Crippen LogP contribution in [0.2, 0.25) is 0 Å². The van der Waals surface area contributed by atoms with Gasteiger partial charge in [0.1, 0.15) is 16.7 Å². The Morgan fingerprint density at radius 1 is 1.30 bits per heavy atom. The number of sulfonamides is 1. The van der Waals surface area contributed by atoms with Crippen LogP contribution in [0.3, 0.4) is 0 Å². The first-order chi connectivity index (χ1) is 15.5. The second-order valence-corrected chi connectivity index (χ2v) is 11.7. The molecule has 1 aromatic carbocycles. The van der Waals surface area contributed by atoms with Crippen molar-refractivity contribution >= 4 is 15.9 Å². The first kappa shape index (κ1) is 25.5. The van der Waals surface area contributed by atoms with Crippen LogP contribution in [0.5, 0.6) is 5.75 Å². The summed E-state index contributed by atoms with van der Waals surface area (Å²) in [5.74, 6) is 6.91. The quantitative estimate of drug-likeness (QED) is 0.638. The van der Waals surface area contributed by atoms with Gasteiger partial charge in [-0.15, -0.1) is 0 Å². The molecule has 1 aliphatic carbocycles. The van der Waals surface area contributed by atoms with Crippen LogP contribution in [0.25, 0.3) is 0 Å². The third-order valence-electron chi connectivity index (χ3n) is 6.17. The van der Waals surface area contributed by atoms with Crippen molar-refractivity contribution in [3.8, 4) is 17.6 Å². The fraction of sp³-hybridized carbons (Fsp3) is 0.640. The highest BCUT2D eigenvalue weighted by molar-refractivity contribution is 7.89. The zero-order valence-corrected chi connectivity index (χ0v) is 21.1. The van der Waals surface area contributed by atoms with Gasteiger partial charge in [0, 0.05) is 43.5 Å². The molecule has 1 N–H and O–H groups in total. The van der Waals surface area contributed by atoms with E-state index in [0.29, 0.717) is 18.0 Å². The van der Waals surface area contributed by atoms with Crippen molar-refractivity contribution in [1.29, 1.82) is 0 Å². The van der Waals surface area contributed by atoms with Crippen molar-refractivity contribution < 1.29 is 23.1 Å². The number of aliphatic hydroxyl groups excluding tert-OH is 1. The number of fused-ring (bicyclic) bond motifs is 1. The number of likely N-dealkylation sites (N-methyl/N-ethyl adjacent to an activating group) is 1. The zero-order chi connectivity index (χ0) is 24.3. The number of rotatable bonds is 6. The molecule has 0 saturated heterocycles. The molecule has 7 nitrogen and oxygen atoms in total. The molecule has 33 heavy (non-hydrogen) atoms. The topological polar surface area (TPSA) is 87.2 Å². The van der Waals surface area contributed by atoms with Gasteiger partial charge in [0.05, 0.1) is 13.2 Å². The molecule has 3 atom stereocenters. The highest BCUT2D eigenvalue weighted by Gasteiger charge is 2.39. The molecule has 1 heterocycles. The molecule has 1 aromatic rings. The number of carbonyl (C=O) groups excluding carboxylic acids is 1. The highest BCUT2D eigenvalue weighted by Crippen LogP contribution is 2.35. The first-order valence-corrected chi connectivity index (χ1v) is 13.2. The zero-order valence-electron chi connectivity index (χ0n) is 20.2. The van der Waals surface area contributed by atoms with E-state index >= 15 is 0 Å². The van der Waals surface area contributed by atoms with Crippen molar-refractivity contribution in [3.63, 3.8) is 0 Å². The van der Waals surface area contributed by atoms with E-state index in [9.17, 15) is 18.3 Å². The van der Waals surface area contributed by atoms with Gasteiger partial charge in [-0.25, -0.2) is 8.42 Å². The molecule has 0 bridgehead atoms. The lowest BCUT2D eigenvalue weighted by Crippen LogP contribution is -2.50. The van der Waals surface area contributed by atoms with Gasteiger partial charge in [-0.2, -0.15) is 4.31 Å². The Kier molecular flexibility index (Phi) is 8.09. The van der Waals surface area contributed by atoms with E-state index in [1.54, 1.807) is 31.0 Å². The third-order valence-corrected chi connectivity index (χ3v) is 8.19. The van der Waals surface area contributed by atoms with E-state index < -0.39 is 22.2 Å². The number of aliphatic hydroxyl groups is 1. The van der Waals surface area contributed by atoms with Crippen LogP contribution in [-0.2, 0) is 14.8 Å². The number of ether oxygens (including phenoxy) is 1. The van der Waals surface area contributed by atoms with Gasteiger partial charge in [-0.05, 0) is 43.9 Å². The van der Waals surface area contributed by atoms with Gasteiger partial charge >= 0.3 is 0 Å². The molecule has 3 rings (SSSR count). The van der Waals surface area contributed by atoms with E-state index in [1.807, 2.05) is 6.92 Å². The largest absolute Gasteiger partial charge is 0.487 e. The summed E-state index contributed by atoms with van der Waals surface area (Å²) in [4.78, 5) is 14.3. The highest BCUT2D eigenvalue weighted by atomic mass is 32.2. The second-order valence-electron chi connectivity index (χ2n) is 9.79. The summed E-state index contributed by atoms with van der Waals surface area (Å²) in [5, 5.41) is 9.75. The Bertz CT molecular complexity index is 1020. The molecule has 1 aliphatic heterocycles. The summed E-state index contributed by atoms with van der Waals surface area (Å²) in [7, 11) is -2.12. The fourth-order valence-corrected chi connectivity index (χ4v) is 5.71. The Morgan fingerprint density at radius 2 is 2.00 bits per heavy atom. The van der Waals surface area contributed by atoms with Gasteiger partial charge < -0.3 is 14.7 Å². The SMILES string of the molecule is CC(C)CC#Cc1ccc2c(c1)O[C@H](CN(C)C(=O)C1CC1)[C@@H](C)CN([C@H](C)CO)S2(=O)=O. The number of amides is 1. The van der Waals surface area contributed by atoms with E-state index in [4.69, 9.17) is 4.74 Å².